The first-order valence-electron chi connectivity index (χ1n) is 15.4. The van der Waals surface area contributed by atoms with E-state index < -0.39 is 0 Å². The van der Waals surface area contributed by atoms with E-state index in [-0.39, 0.29) is 0 Å². The number of fused-ring (bicyclic) bond motifs is 4. The van der Waals surface area contributed by atoms with Crippen molar-refractivity contribution in [2.45, 2.75) is 0 Å². The van der Waals surface area contributed by atoms with Crippen molar-refractivity contribution in [2.24, 2.45) is 0 Å². The molecule has 0 aliphatic rings. The molecule has 0 N–H and O–H groups in total. The maximum Gasteiger partial charge on any atom is 0.164 e. The molecule has 6 heteroatoms. The van der Waals surface area contributed by atoms with E-state index in [4.69, 9.17) is 24.9 Å². The van der Waals surface area contributed by atoms with Crippen LogP contribution < -0.4 is 0 Å². The Morgan fingerprint density at radius 2 is 1.02 bits per heavy atom. The molecule has 0 aliphatic carbocycles. The molecule has 0 atom stereocenters. The van der Waals surface area contributed by atoms with Gasteiger partial charge in [0.25, 0.3) is 0 Å². The van der Waals surface area contributed by atoms with Crippen molar-refractivity contribution in [3.63, 3.8) is 0 Å². The topological polar surface area (TPSA) is 64.5 Å². The predicted octanol–water partition coefficient (Wildman–Crippen LogP) is 10.5. The van der Waals surface area contributed by atoms with Crippen molar-refractivity contribution < 1.29 is 0 Å². The zero-order valence-electron chi connectivity index (χ0n) is 25.1. The number of aromatic nitrogens is 5. The quantitative estimate of drug-likeness (QED) is 0.192. The van der Waals surface area contributed by atoms with Gasteiger partial charge in [-0.1, -0.05) is 109 Å². The lowest BCUT2D eigenvalue weighted by Gasteiger charge is -2.12. The lowest BCUT2D eigenvalue weighted by atomic mass is 9.95. The molecule has 0 saturated heterocycles. The Kier molecular flexibility index (Phi) is 6.58. The zero-order chi connectivity index (χ0) is 31.2. The van der Waals surface area contributed by atoms with Crippen LogP contribution in [0.2, 0.25) is 0 Å². The van der Waals surface area contributed by atoms with E-state index in [1.54, 1.807) is 11.3 Å². The molecule has 0 saturated carbocycles. The highest BCUT2D eigenvalue weighted by atomic mass is 32.1. The first-order valence-corrected chi connectivity index (χ1v) is 16.2. The van der Waals surface area contributed by atoms with Gasteiger partial charge in [-0.3, -0.25) is 4.98 Å². The van der Waals surface area contributed by atoms with Gasteiger partial charge in [0.2, 0.25) is 0 Å². The van der Waals surface area contributed by atoms with E-state index >= 15 is 0 Å². The molecule has 0 fully saturated rings. The summed E-state index contributed by atoms with van der Waals surface area (Å²) in [5.41, 5.74) is 7.79. The molecule has 0 spiro atoms. The Morgan fingerprint density at radius 3 is 1.79 bits per heavy atom. The van der Waals surface area contributed by atoms with Crippen molar-refractivity contribution in [1.29, 1.82) is 0 Å². The van der Waals surface area contributed by atoms with Gasteiger partial charge in [0.15, 0.2) is 17.5 Å². The van der Waals surface area contributed by atoms with Crippen LogP contribution in [0, 0.1) is 0 Å². The number of benzene rings is 5. The van der Waals surface area contributed by atoms with Crippen LogP contribution in [0.3, 0.4) is 0 Å². The van der Waals surface area contributed by atoms with Crippen LogP contribution in [0.15, 0.2) is 152 Å². The largest absolute Gasteiger partial charge is 0.256 e. The minimum atomic E-state index is 0.624. The third-order valence-corrected chi connectivity index (χ3v) is 9.50. The molecule has 5 nitrogen and oxygen atoms in total. The Morgan fingerprint density at radius 1 is 0.404 bits per heavy atom. The molecule has 4 heterocycles. The average molecular weight is 620 g/mol. The molecule has 0 unspecified atom stereocenters. The fourth-order valence-electron chi connectivity index (χ4n) is 6.15. The van der Waals surface area contributed by atoms with Gasteiger partial charge >= 0.3 is 0 Å². The monoisotopic (exact) mass is 619 g/mol. The molecule has 5 aromatic carbocycles. The Balaban J connectivity index is 1.16. The maximum absolute atomic E-state index is 5.11. The van der Waals surface area contributed by atoms with Crippen LogP contribution >= 0.6 is 11.3 Å². The predicted molar refractivity (Wildman–Crippen MR) is 193 cm³/mol. The highest BCUT2D eigenvalue weighted by Crippen LogP contribution is 2.38. The highest BCUT2D eigenvalue weighted by Gasteiger charge is 2.16. The molecular formula is C41H25N5S. The Bertz CT molecular complexity index is 2520. The number of rotatable bonds is 5. The SMILES string of the molecule is c1ccc(-c2nc(-c3ccccc3)nc(-c3cccc(-c4ccc(-c5ccc6c(n5)sc5ccccc56)c5ncccc45)c3)n2)cc1. The Labute approximate surface area is 275 Å². The first-order chi connectivity index (χ1) is 23.3. The second-order valence-electron chi connectivity index (χ2n) is 11.3. The van der Waals surface area contributed by atoms with E-state index in [1.807, 2.05) is 72.9 Å². The summed E-state index contributed by atoms with van der Waals surface area (Å²) in [6.07, 6.45) is 1.85. The van der Waals surface area contributed by atoms with Crippen molar-refractivity contribution >= 4 is 42.5 Å². The standard InChI is InChI=1S/C41H25N5S/c1-3-11-26(12-4-1)38-44-39(27-13-5-2-6-14-27)46-40(45-38)29-16-9-15-28(25-29)30-20-21-34(37-32(30)18-10-24-42-37)35-23-22-33-31-17-7-8-19-36(31)47-41(33)43-35/h1-25H. The summed E-state index contributed by atoms with van der Waals surface area (Å²) < 4.78 is 1.25. The van der Waals surface area contributed by atoms with E-state index in [9.17, 15) is 0 Å². The van der Waals surface area contributed by atoms with Crippen LogP contribution in [0.5, 0.6) is 0 Å². The molecule has 0 amide bonds. The molecule has 0 aliphatic heterocycles. The summed E-state index contributed by atoms with van der Waals surface area (Å²) in [4.78, 5) is 25.8. The van der Waals surface area contributed by atoms with Crippen molar-refractivity contribution in [2.75, 3.05) is 0 Å². The van der Waals surface area contributed by atoms with E-state index in [0.717, 1.165) is 54.8 Å². The summed E-state index contributed by atoms with van der Waals surface area (Å²) in [5.74, 6) is 1.91. The minimum Gasteiger partial charge on any atom is -0.256 e. The van der Waals surface area contributed by atoms with Crippen LogP contribution in [0.25, 0.3) is 87.8 Å². The van der Waals surface area contributed by atoms with Gasteiger partial charge in [-0.05, 0) is 47.5 Å². The first kappa shape index (κ1) is 27.2. The van der Waals surface area contributed by atoms with Gasteiger partial charge < -0.3 is 0 Å². The second kappa shape index (κ2) is 11.4. The number of pyridine rings is 2. The van der Waals surface area contributed by atoms with E-state index in [0.29, 0.717) is 17.5 Å². The summed E-state index contributed by atoms with van der Waals surface area (Å²) in [5, 5.41) is 3.49. The van der Waals surface area contributed by atoms with Gasteiger partial charge in [-0.15, -0.1) is 11.3 Å². The van der Waals surface area contributed by atoms with Crippen molar-refractivity contribution in [1.82, 2.24) is 24.9 Å². The molecule has 47 heavy (non-hydrogen) atoms. The van der Waals surface area contributed by atoms with Gasteiger partial charge in [-0.25, -0.2) is 19.9 Å². The smallest absolute Gasteiger partial charge is 0.164 e. The number of nitrogens with zero attached hydrogens (tertiary/aromatic N) is 5. The fraction of sp³-hybridized carbons (Fsp3) is 0. The number of thiophene rings is 1. The van der Waals surface area contributed by atoms with Crippen LogP contribution in [-0.4, -0.2) is 24.9 Å². The van der Waals surface area contributed by atoms with Crippen molar-refractivity contribution in [3.8, 4) is 56.5 Å². The van der Waals surface area contributed by atoms with Gasteiger partial charge in [0.1, 0.15) is 4.83 Å². The third-order valence-electron chi connectivity index (χ3n) is 8.42. The lowest BCUT2D eigenvalue weighted by Crippen LogP contribution is -2.00. The lowest BCUT2D eigenvalue weighted by molar-refractivity contribution is 1.07. The summed E-state index contributed by atoms with van der Waals surface area (Å²) >= 11 is 1.73. The van der Waals surface area contributed by atoms with E-state index in [1.165, 1.54) is 15.5 Å². The average Bonchev–Trinajstić information content (AvgIpc) is 3.53. The second-order valence-corrected chi connectivity index (χ2v) is 12.4. The van der Waals surface area contributed by atoms with E-state index in [2.05, 4.69) is 78.9 Å². The van der Waals surface area contributed by atoms with Gasteiger partial charge in [0, 0.05) is 49.3 Å². The molecule has 9 rings (SSSR count). The van der Waals surface area contributed by atoms with Gasteiger partial charge in [-0.2, -0.15) is 0 Å². The fourth-order valence-corrected chi connectivity index (χ4v) is 7.22. The molecule has 220 valence electrons. The number of hydrogen-bond acceptors (Lipinski definition) is 6. The van der Waals surface area contributed by atoms with Crippen molar-refractivity contribution in [3.05, 3.63) is 152 Å². The molecule has 4 aromatic heterocycles. The highest BCUT2D eigenvalue weighted by molar-refractivity contribution is 7.25. The van der Waals surface area contributed by atoms with Crippen LogP contribution in [0.1, 0.15) is 0 Å². The zero-order valence-corrected chi connectivity index (χ0v) is 25.9. The van der Waals surface area contributed by atoms with Crippen LogP contribution in [-0.2, 0) is 0 Å². The number of hydrogen-bond donors (Lipinski definition) is 0. The van der Waals surface area contributed by atoms with Gasteiger partial charge in [0.05, 0.1) is 11.2 Å². The summed E-state index contributed by atoms with van der Waals surface area (Å²) in [7, 11) is 0. The van der Waals surface area contributed by atoms with Crippen LogP contribution in [0.4, 0.5) is 0 Å². The normalized spacial score (nSPS) is 11.4. The maximum atomic E-state index is 5.11. The minimum absolute atomic E-state index is 0.624. The summed E-state index contributed by atoms with van der Waals surface area (Å²) in [6, 6.07) is 49.7. The molecule has 0 radical (unpaired) electrons. The molecule has 9 aromatic rings. The summed E-state index contributed by atoms with van der Waals surface area (Å²) in [6.45, 7) is 0. The Hall–Kier alpha value is -6.11. The third kappa shape index (κ3) is 4.92. The molecular weight excluding hydrogens is 595 g/mol. The molecule has 0 bridgehead atoms.